The Labute approximate surface area is 136 Å². The van der Waals surface area contributed by atoms with E-state index in [-0.39, 0.29) is 5.95 Å². The lowest BCUT2D eigenvalue weighted by molar-refractivity contribution is -0.0566. The molecule has 24 heavy (non-hydrogen) atoms. The molecule has 10 heteroatoms. The van der Waals surface area contributed by atoms with Crippen LogP contribution in [-0.4, -0.2) is 60.3 Å². The third kappa shape index (κ3) is 2.29. The molecule has 2 fully saturated rings. The van der Waals surface area contributed by atoms with Crippen molar-refractivity contribution in [1.29, 1.82) is 0 Å². The summed E-state index contributed by atoms with van der Waals surface area (Å²) in [4.78, 5) is 12.6. The summed E-state index contributed by atoms with van der Waals surface area (Å²) in [6.45, 7) is 0.729. The molecule has 0 aromatic carbocycles. The Morgan fingerprint density at radius 2 is 2.25 bits per heavy atom. The second-order valence-corrected chi connectivity index (χ2v) is 6.48. The summed E-state index contributed by atoms with van der Waals surface area (Å²) in [6, 6.07) is 0.336. The van der Waals surface area contributed by atoms with Crippen LogP contribution in [-0.2, 0) is 4.74 Å². The lowest BCUT2D eigenvalue weighted by Crippen LogP contribution is -2.40. The van der Waals surface area contributed by atoms with Crippen LogP contribution in [0.5, 0.6) is 0 Å². The fourth-order valence-electron chi connectivity index (χ4n) is 2.99. The molecule has 1 saturated carbocycles. The molecular weight excluding hydrogens is 319 g/mol. The van der Waals surface area contributed by atoms with Gasteiger partial charge in [0, 0.05) is 6.04 Å². The number of hydrogen-bond donors (Lipinski definition) is 4. The molecule has 9 nitrogen and oxygen atoms in total. The molecule has 1 aliphatic heterocycles. The molecule has 130 valence electrons. The maximum Gasteiger partial charge on any atom is 0.224 e. The van der Waals surface area contributed by atoms with Crippen LogP contribution in [0.25, 0.3) is 11.2 Å². The van der Waals surface area contributed by atoms with Gasteiger partial charge < -0.3 is 26.0 Å². The number of halogens is 1. The summed E-state index contributed by atoms with van der Waals surface area (Å²) in [5.74, 6) is 0.529. The van der Waals surface area contributed by atoms with Crippen molar-refractivity contribution in [2.45, 2.75) is 49.9 Å². The van der Waals surface area contributed by atoms with Gasteiger partial charge in [0.05, 0.1) is 12.9 Å². The first-order valence-corrected chi connectivity index (χ1v) is 7.81. The molecule has 5 N–H and O–H groups in total. The Balaban J connectivity index is 1.78. The van der Waals surface area contributed by atoms with E-state index in [1.165, 1.54) is 17.8 Å². The third-order valence-electron chi connectivity index (χ3n) is 4.51. The molecule has 0 bridgehead atoms. The van der Waals surface area contributed by atoms with Gasteiger partial charge in [-0.3, -0.25) is 4.57 Å². The van der Waals surface area contributed by atoms with E-state index in [1.54, 1.807) is 0 Å². The van der Waals surface area contributed by atoms with Crippen molar-refractivity contribution in [3.05, 3.63) is 6.33 Å². The highest BCUT2D eigenvalue weighted by molar-refractivity contribution is 5.84. The number of imidazole rings is 1. The SMILES string of the molecule is C[C@@]1(F)[C@H](O)[C@@H](CO)O[C@H]1n1cnc2c(NC3CC3)nc(N)nc21. The minimum absolute atomic E-state index is 0.0326. The number of aromatic nitrogens is 4. The largest absolute Gasteiger partial charge is 0.394 e. The van der Waals surface area contributed by atoms with Crippen LogP contribution in [0.1, 0.15) is 26.0 Å². The average molecular weight is 338 g/mol. The number of aliphatic hydroxyl groups excluding tert-OH is 2. The summed E-state index contributed by atoms with van der Waals surface area (Å²) in [5, 5.41) is 22.5. The number of nitrogens with two attached hydrogens (primary N) is 1. The normalized spacial score (nSPS) is 33.2. The first kappa shape index (κ1) is 15.5. The number of nitrogen functional groups attached to an aromatic ring is 1. The first-order chi connectivity index (χ1) is 11.4. The van der Waals surface area contributed by atoms with Crippen molar-refractivity contribution in [2.75, 3.05) is 17.7 Å². The van der Waals surface area contributed by atoms with Crippen LogP contribution in [0, 0.1) is 0 Å². The fraction of sp³-hybridized carbons (Fsp3) is 0.643. The number of ether oxygens (including phenoxy) is 1. The van der Waals surface area contributed by atoms with Gasteiger partial charge in [-0.15, -0.1) is 0 Å². The standard InChI is InChI=1S/C14H19FN6O3/c1-14(15)9(23)7(4-22)24-12(14)21-5-17-8-10(18-6-2-3-6)19-13(16)20-11(8)21/h5-7,9,12,22-23H,2-4H2,1H3,(H3,16,18,19,20)/t7-,9-,12-,14-/m1/s1. The second kappa shape index (κ2) is 5.23. The minimum Gasteiger partial charge on any atom is -0.394 e. The zero-order valence-electron chi connectivity index (χ0n) is 13.1. The number of aliphatic hydroxyl groups is 2. The van der Waals surface area contributed by atoms with Crippen molar-refractivity contribution >= 4 is 22.9 Å². The number of nitrogens with zero attached hydrogens (tertiary/aromatic N) is 4. The minimum atomic E-state index is -2.12. The van der Waals surface area contributed by atoms with Crippen LogP contribution in [0.4, 0.5) is 16.2 Å². The average Bonchev–Trinajstić information content (AvgIpc) is 3.20. The predicted octanol–water partition coefficient (Wildman–Crippen LogP) is -0.0384. The molecule has 1 saturated heterocycles. The van der Waals surface area contributed by atoms with E-state index in [0.29, 0.717) is 23.0 Å². The number of alkyl halides is 1. The highest BCUT2D eigenvalue weighted by Gasteiger charge is 2.55. The molecule has 4 rings (SSSR count). The Morgan fingerprint density at radius 1 is 1.50 bits per heavy atom. The van der Waals surface area contributed by atoms with Gasteiger partial charge in [0.15, 0.2) is 28.9 Å². The maximum absolute atomic E-state index is 15.0. The first-order valence-electron chi connectivity index (χ1n) is 7.81. The van der Waals surface area contributed by atoms with Crippen molar-refractivity contribution in [1.82, 2.24) is 19.5 Å². The van der Waals surface area contributed by atoms with E-state index in [0.717, 1.165) is 12.8 Å². The molecule has 1 aliphatic carbocycles. The number of fused-ring (bicyclic) bond motifs is 1. The molecule has 2 aromatic heterocycles. The molecule has 3 heterocycles. The summed E-state index contributed by atoms with van der Waals surface area (Å²) in [6.07, 6.45) is -0.196. The fourth-order valence-corrected chi connectivity index (χ4v) is 2.99. The van der Waals surface area contributed by atoms with Crippen LogP contribution < -0.4 is 11.1 Å². The van der Waals surface area contributed by atoms with Crippen molar-refractivity contribution < 1.29 is 19.3 Å². The molecule has 2 aromatic rings. The highest BCUT2D eigenvalue weighted by atomic mass is 19.1. The zero-order valence-corrected chi connectivity index (χ0v) is 13.1. The molecule has 4 atom stereocenters. The number of anilines is 2. The molecule has 0 spiro atoms. The smallest absolute Gasteiger partial charge is 0.224 e. The lowest BCUT2D eigenvalue weighted by atomic mass is 9.98. The second-order valence-electron chi connectivity index (χ2n) is 6.48. The highest BCUT2D eigenvalue weighted by Crippen LogP contribution is 2.42. The quantitative estimate of drug-likeness (QED) is 0.611. The van der Waals surface area contributed by atoms with E-state index in [9.17, 15) is 14.6 Å². The van der Waals surface area contributed by atoms with Crippen molar-refractivity contribution in [3.8, 4) is 0 Å². The van der Waals surface area contributed by atoms with E-state index in [1.807, 2.05) is 0 Å². The van der Waals surface area contributed by atoms with Gasteiger partial charge in [-0.05, 0) is 19.8 Å². The van der Waals surface area contributed by atoms with Gasteiger partial charge in [0.25, 0.3) is 0 Å². The van der Waals surface area contributed by atoms with Gasteiger partial charge in [-0.2, -0.15) is 9.97 Å². The summed E-state index contributed by atoms with van der Waals surface area (Å²) in [7, 11) is 0. The van der Waals surface area contributed by atoms with Crippen LogP contribution >= 0.6 is 0 Å². The Kier molecular flexibility index (Phi) is 3.37. The zero-order chi connectivity index (χ0) is 17.1. The summed E-state index contributed by atoms with van der Waals surface area (Å²) in [5.41, 5.74) is 4.41. The van der Waals surface area contributed by atoms with Gasteiger partial charge >= 0.3 is 0 Å². The van der Waals surface area contributed by atoms with Crippen LogP contribution in [0.15, 0.2) is 6.33 Å². The number of hydrogen-bond acceptors (Lipinski definition) is 8. The summed E-state index contributed by atoms with van der Waals surface area (Å²) < 4.78 is 21.9. The van der Waals surface area contributed by atoms with Crippen molar-refractivity contribution in [3.63, 3.8) is 0 Å². The molecule has 2 aliphatic rings. The van der Waals surface area contributed by atoms with Crippen LogP contribution in [0.2, 0.25) is 0 Å². The predicted molar refractivity (Wildman–Crippen MR) is 82.9 cm³/mol. The van der Waals surface area contributed by atoms with Crippen molar-refractivity contribution in [2.24, 2.45) is 0 Å². The molecule has 0 radical (unpaired) electrons. The van der Waals surface area contributed by atoms with E-state index in [2.05, 4.69) is 20.3 Å². The van der Waals surface area contributed by atoms with Gasteiger partial charge in [0.1, 0.15) is 12.2 Å². The number of rotatable bonds is 4. The van der Waals surface area contributed by atoms with E-state index in [4.69, 9.17) is 10.5 Å². The Hall–Kier alpha value is -2.04. The van der Waals surface area contributed by atoms with Gasteiger partial charge in [0.2, 0.25) is 5.95 Å². The van der Waals surface area contributed by atoms with Gasteiger partial charge in [-0.1, -0.05) is 0 Å². The van der Waals surface area contributed by atoms with Crippen LogP contribution in [0.3, 0.4) is 0 Å². The van der Waals surface area contributed by atoms with E-state index < -0.39 is 30.7 Å². The summed E-state index contributed by atoms with van der Waals surface area (Å²) >= 11 is 0. The lowest BCUT2D eigenvalue weighted by Gasteiger charge is -2.24. The number of nitrogens with one attached hydrogen (secondary N) is 1. The molecule has 0 unspecified atom stereocenters. The molecule has 0 amide bonds. The third-order valence-corrected chi connectivity index (χ3v) is 4.51. The van der Waals surface area contributed by atoms with E-state index >= 15 is 0 Å². The maximum atomic E-state index is 15.0. The Bertz CT molecular complexity index is 777. The molecular formula is C14H19FN6O3. The Morgan fingerprint density at radius 3 is 2.88 bits per heavy atom. The topological polar surface area (TPSA) is 131 Å². The monoisotopic (exact) mass is 338 g/mol. The van der Waals surface area contributed by atoms with Gasteiger partial charge in [-0.25, -0.2) is 9.37 Å².